The minimum absolute atomic E-state index is 0.662. The Kier molecular flexibility index (Phi) is 7.00. The summed E-state index contributed by atoms with van der Waals surface area (Å²) >= 11 is 0. The second-order valence-corrected chi connectivity index (χ2v) is 2.97. The van der Waals surface area contributed by atoms with Crippen LogP contribution in [0.1, 0.15) is 13.8 Å². The Balaban J connectivity index is 0. The first-order valence-electron chi connectivity index (χ1n) is 2.67. The van der Waals surface area contributed by atoms with E-state index in [0.29, 0.717) is 5.92 Å². The smallest absolute Gasteiger partial charge is 0.330 e. The lowest BCUT2D eigenvalue weighted by molar-refractivity contribution is 0.381. The Morgan fingerprint density at radius 1 is 1.40 bits per heavy atom. The molecule has 0 aromatic heterocycles. The van der Waals surface area contributed by atoms with Gasteiger partial charge in [0.05, 0.1) is 0 Å². The average Bonchev–Trinajstić information content (AvgIpc) is 1.61. The normalized spacial score (nSPS) is 10.6. The third-order valence-electron chi connectivity index (χ3n) is 0.471. The molecule has 5 nitrogen and oxygen atoms in total. The van der Waals surface area contributed by atoms with Crippen LogP contribution in [0.5, 0.6) is 0 Å². The van der Waals surface area contributed by atoms with E-state index >= 15 is 0 Å². The Bertz CT molecular complexity index is 143. The molecule has 0 unspecified atom stereocenters. The molecule has 0 aliphatic carbocycles. The minimum atomic E-state index is -4.67. The molecule has 0 aliphatic rings. The predicted octanol–water partition coefficient (Wildman–Crippen LogP) is -0.0517. The zero-order chi connectivity index (χ0) is 8.78. The lowest BCUT2D eigenvalue weighted by Crippen LogP contribution is -2.05. The molecule has 0 heterocycles. The van der Waals surface area contributed by atoms with Gasteiger partial charge in [-0.05, 0) is 12.5 Å². The van der Waals surface area contributed by atoms with Crippen molar-refractivity contribution in [2.45, 2.75) is 13.8 Å². The maximum absolute atomic E-state index is 8.74. The molecule has 0 amide bonds. The molecule has 0 aliphatic heterocycles. The van der Waals surface area contributed by atoms with Gasteiger partial charge in [0.1, 0.15) is 0 Å². The molecule has 0 radical (unpaired) electrons. The van der Waals surface area contributed by atoms with E-state index in [1.165, 1.54) is 0 Å². The SMILES string of the molecule is CC(C)CN.O=S(=O)(O)O. The fraction of sp³-hybridized carbons (Fsp3) is 1.00. The standard InChI is InChI=1S/C4H11N.H2O4S/c1-4(2)3-5;1-5(2,3)4/h4H,3,5H2,1-2H3;(H2,1,2,3,4). The van der Waals surface area contributed by atoms with E-state index < -0.39 is 10.4 Å². The molecule has 6 heteroatoms. The summed E-state index contributed by atoms with van der Waals surface area (Å²) in [7, 11) is -4.67. The van der Waals surface area contributed by atoms with Gasteiger partial charge < -0.3 is 5.73 Å². The summed E-state index contributed by atoms with van der Waals surface area (Å²) in [6.45, 7) is 5.00. The Labute approximate surface area is 60.8 Å². The van der Waals surface area contributed by atoms with Gasteiger partial charge in [-0.3, -0.25) is 9.11 Å². The molecular formula is C4H13NO4S. The van der Waals surface area contributed by atoms with Crippen LogP contribution in [-0.2, 0) is 10.4 Å². The van der Waals surface area contributed by atoms with Gasteiger partial charge in [0.2, 0.25) is 0 Å². The molecule has 4 N–H and O–H groups in total. The third kappa shape index (κ3) is 109. The van der Waals surface area contributed by atoms with Crippen LogP contribution in [0.2, 0.25) is 0 Å². The molecule has 64 valence electrons. The monoisotopic (exact) mass is 171 g/mol. The van der Waals surface area contributed by atoms with Gasteiger partial charge in [-0.2, -0.15) is 8.42 Å². The second kappa shape index (κ2) is 5.60. The van der Waals surface area contributed by atoms with Crippen LogP contribution in [0.3, 0.4) is 0 Å². The highest BCUT2D eigenvalue weighted by atomic mass is 32.3. The number of hydrogen-bond acceptors (Lipinski definition) is 3. The van der Waals surface area contributed by atoms with Crippen LogP contribution in [0, 0.1) is 5.92 Å². The average molecular weight is 171 g/mol. The summed E-state index contributed by atoms with van der Waals surface area (Å²) in [4.78, 5) is 0. The zero-order valence-corrected chi connectivity index (χ0v) is 6.80. The molecule has 0 aromatic rings. The van der Waals surface area contributed by atoms with Crippen LogP contribution < -0.4 is 5.73 Å². The van der Waals surface area contributed by atoms with E-state index in [-0.39, 0.29) is 0 Å². The summed E-state index contributed by atoms with van der Waals surface area (Å²) in [5.41, 5.74) is 5.17. The largest absolute Gasteiger partial charge is 0.394 e. The van der Waals surface area contributed by atoms with Gasteiger partial charge in [0.25, 0.3) is 0 Å². The number of hydrogen-bond donors (Lipinski definition) is 3. The van der Waals surface area contributed by atoms with Gasteiger partial charge in [0, 0.05) is 0 Å². The van der Waals surface area contributed by atoms with E-state index in [4.69, 9.17) is 23.3 Å². The van der Waals surface area contributed by atoms with Gasteiger partial charge in [-0.25, -0.2) is 0 Å². The maximum atomic E-state index is 8.74. The molecular weight excluding hydrogens is 158 g/mol. The van der Waals surface area contributed by atoms with E-state index in [0.717, 1.165) is 6.54 Å². The summed E-state index contributed by atoms with van der Waals surface area (Å²) in [5.74, 6) is 0.662. The van der Waals surface area contributed by atoms with Crippen molar-refractivity contribution >= 4 is 10.4 Å². The zero-order valence-electron chi connectivity index (χ0n) is 5.98. The highest BCUT2D eigenvalue weighted by Crippen LogP contribution is 1.81. The summed E-state index contributed by atoms with van der Waals surface area (Å²) in [6.07, 6.45) is 0. The van der Waals surface area contributed by atoms with Crippen molar-refractivity contribution in [1.29, 1.82) is 0 Å². The highest BCUT2D eigenvalue weighted by Gasteiger charge is 1.84. The molecule has 0 bridgehead atoms. The van der Waals surface area contributed by atoms with Crippen molar-refractivity contribution in [3.8, 4) is 0 Å². The predicted molar refractivity (Wildman–Crippen MR) is 38.1 cm³/mol. The third-order valence-corrected chi connectivity index (χ3v) is 0.471. The molecule has 0 saturated carbocycles. The molecule has 10 heavy (non-hydrogen) atoms. The van der Waals surface area contributed by atoms with Crippen LogP contribution in [0.4, 0.5) is 0 Å². The fourth-order valence-corrected chi connectivity index (χ4v) is 0. The summed E-state index contributed by atoms with van der Waals surface area (Å²) in [6, 6.07) is 0. The fourth-order valence-electron chi connectivity index (χ4n) is 0. The first kappa shape index (κ1) is 12.5. The number of nitrogens with two attached hydrogens (primary N) is 1. The Morgan fingerprint density at radius 2 is 1.50 bits per heavy atom. The van der Waals surface area contributed by atoms with Gasteiger partial charge in [-0.15, -0.1) is 0 Å². The molecule has 0 spiro atoms. The molecule has 0 saturated heterocycles. The molecule has 0 rings (SSSR count). The Hall–Kier alpha value is -0.170. The van der Waals surface area contributed by atoms with Crippen LogP contribution >= 0.6 is 0 Å². The first-order chi connectivity index (χ1) is 4.27. The summed E-state index contributed by atoms with van der Waals surface area (Å²) in [5, 5.41) is 0. The highest BCUT2D eigenvalue weighted by molar-refractivity contribution is 7.79. The van der Waals surface area contributed by atoms with Crippen molar-refractivity contribution in [1.82, 2.24) is 0 Å². The van der Waals surface area contributed by atoms with Crippen molar-refractivity contribution in [2.24, 2.45) is 11.7 Å². The molecule has 0 atom stereocenters. The lowest BCUT2D eigenvalue weighted by Gasteiger charge is -1.91. The topological polar surface area (TPSA) is 101 Å². The summed E-state index contributed by atoms with van der Waals surface area (Å²) < 4.78 is 31.6. The van der Waals surface area contributed by atoms with Crippen molar-refractivity contribution < 1.29 is 17.5 Å². The second-order valence-electron chi connectivity index (χ2n) is 2.08. The van der Waals surface area contributed by atoms with Crippen LogP contribution in [-0.4, -0.2) is 24.1 Å². The van der Waals surface area contributed by atoms with E-state index in [2.05, 4.69) is 13.8 Å². The van der Waals surface area contributed by atoms with Gasteiger partial charge >= 0.3 is 10.4 Å². The Morgan fingerprint density at radius 3 is 1.50 bits per heavy atom. The van der Waals surface area contributed by atoms with Crippen molar-refractivity contribution in [3.05, 3.63) is 0 Å². The lowest BCUT2D eigenvalue weighted by atomic mass is 10.2. The van der Waals surface area contributed by atoms with Crippen LogP contribution in [0.15, 0.2) is 0 Å². The van der Waals surface area contributed by atoms with Crippen molar-refractivity contribution in [3.63, 3.8) is 0 Å². The van der Waals surface area contributed by atoms with Crippen LogP contribution in [0.25, 0.3) is 0 Å². The molecule has 0 aromatic carbocycles. The first-order valence-corrected chi connectivity index (χ1v) is 4.07. The number of rotatable bonds is 1. The molecule has 0 fully saturated rings. The van der Waals surface area contributed by atoms with Crippen molar-refractivity contribution in [2.75, 3.05) is 6.54 Å². The van der Waals surface area contributed by atoms with E-state index in [9.17, 15) is 0 Å². The maximum Gasteiger partial charge on any atom is 0.394 e. The van der Waals surface area contributed by atoms with E-state index in [1.807, 2.05) is 0 Å². The minimum Gasteiger partial charge on any atom is -0.330 e. The van der Waals surface area contributed by atoms with E-state index in [1.54, 1.807) is 0 Å². The quantitative estimate of drug-likeness (QED) is 0.480. The van der Waals surface area contributed by atoms with Gasteiger partial charge in [-0.1, -0.05) is 13.8 Å². The van der Waals surface area contributed by atoms with Gasteiger partial charge in [0.15, 0.2) is 0 Å².